The molecule has 110 valence electrons. The van der Waals surface area contributed by atoms with Crippen molar-refractivity contribution in [3.8, 4) is 0 Å². The SMILES string of the molecule is Cc1ccc(N)c(C)c1S(=O)(=O)NC1CCC(=O)NC1. The fourth-order valence-corrected chi connectivity index (χ4v) is 4.14. The van der Waals surface area contributed by atoms with Gasteiger partial charge in [0.1, 0.15) is 0 Å². The van der Waals surface area contributed by atoms with Crippen LogP contribution in [-0.2, 0) is 14.8 Å². The van der Waals surface area contributed by atoms with Crippen LogP contribution in [0.5, 0.6) is 0 Å². The quantitative estimate of drug-likeness (QED) is 0.705. The monoisotopic (exact) mass is 297 g/mol. The fraction of sp³-hybridized carbons (Fsp3) is 0.462. The lowest BCUT2D eigenvalue weighted by Gasteiger charge is -2.24. The van der Waals surface area contributed by atoms with Gasteiger partial charge in [0.25, 0.3) is 0 Å². The minimum absolute atomic E-state index is 0.0447. The van der Waals surface area contributed by atoms with Gasteiger partial charge < -0.3 is 11.1 Å². The first-order valence-corrected chi connectivity index (χ1v) is 7.94. The Kier molecular flexibility index (Phi) is 4.01. The van der Waals surface area contributed by atoms with E-state index in [-0.39, 0.29) is 16.8 Å². The smallest absolute Gasteiger partial charge is 0.241 e. The van der Waals surface area contributed by atoms with Gasteiger partial charge in [-0.2, -0.15) is 0 Å². The predicted octanol–water partition coefficient (Wildman–Crippen LogP) is 0.443. The number of sulfonamides is 1. The van der Waals surface area contributed by atoms with E-state index < -0.39 is 10.0 Å². The maximum atomic E-state index is 12.5. The Morgan fingerprint density at radius 3 is 2.65 bits per heavy atom. The van der Waals surface area contributed by atoms with Crippen molar-refractivity contribution in [2.24, 2.45) is 0 Å². The van der Waals surface area contributed by atoms with Crippen molar-refractivity contribution in [1.29, 1.82) is 0 Å². The zero-order chi connectivity index (χ0) is 14.9. The Balaban J connectivity index is 2.27. The van der Waals surface area contributed by atoms with Crippen LogP contribution in [0.15, 0.2) is 17.0 Å². The molecule has 0 radical (unpaired) electrons. The van der Waals surface area contributed by atoms with Crippen LogP contribution in [0.1, 0.15) is 24.0 Å². The van der Waals surface area contributed by atoms with E-state index in [4.69, 9.17) is 5.73 Å². The molecule has 1 amide bonds. The molecule has 0 saturated carbocycles. The molecule has 1 saturated heterocycles. The Morgan fingerprint density at radius 2 is 2.05 bits per heavy atom. The van der Waals surface area contributed by atoms with E-state index in [2.05, 4.69) is 10.0 Å². The van der Waals surface area contributed by atoms with Gasteiger partial charge in [0.2, 0.25) is 15.9 Å². The molecule has 1 fully saturated rings. The van der Waals surface area contributed by atoms with Crippen molar-refractivity contribution in [2.45, 2.75) is 37.6 Å². The normalized spacial score (nSPS) is 19.7. The largest absolute Gasteiger partial charge is 0.398 e. The molecular weight excluding hydrogens is 278 g/mol. The molecule has 0 aliphatic carbocycles. The minimum atomic E-state index is -3.64. The van der Waals surface area contributed by atoms with Crippen LogP contribution >= 0.6 is 0 Å². The first-order valence-electron chi connectivity index (χ1n) is 6.46. The molecule has 1 aromatic rings. The summed E-state index contributed by atoms with van der Waals surface area (Å²) in [5.74, 6) is -0.0447. The highest BCUT2D eigenvalue weighted by Crippen LogP contribution is 2.25. The third-order valence-corrected chi connectivity index (χ3v) is 5.31. The summed E-state index contributed by atoms with van der Waals surface area (Å²) in [6.07, 6.45) is 0.841. The molecule has 1 heterocycles. The summed E-state index contributed by atoms with van der Waals surface area (Å²) in [4.78, 5) is 11.3. The number of carbonyl (C=O) groups is 1. The van der Waals surface area contributed by atoms with Crippen molar-refractivity contribution in [3.63, 3.8) is 0 Å². The van der Waals surface area contributed by atoms with Gasteiger partial charge in [0, 0.05) is 24.7 Å². The molecule has 1 atom stereocenters. The standard InChI is InChI=1S/C13H19N3O3S/c1-8-3-5-11(14)9(2)13(8)20(18,19)16-10-4-6-12(17)15-7-10/h3,5,10,16H,4,6-7,14H2,1-2H3,(H,15,17). The zero-order valence-corrected chi connectivity index (χ0v) is 12.4. The number of nitrogen functional groups attached to an aromatic ring is 1. The number of nitrogens with one attached hydrogen (secondary N) is 2. The average Bonchev–Trinajstić information content (AvgIpc) is 2.37. The Labute approximate surface area is 118 Å². The van der Waals surface area contributed by atoms with Gasteiger partial charge in [-0.3, -0.25) is 4.79 Å². The molecule has 20 heavy (non-hydrogen) atoms. The molecule has 6 nitrogen and oxygen atoms in total. The number of rotatable bonds is 3. The summed E-state index contributed by atoms with van der Waals surface area (Å²) < 4.78 is 27.6. The van der Waals surface area contributed by atoms with Gasteiger partial charge in [-0.05, 0) is 37.5 Å². The number of hydrogen-bond donors (Lipinski definition) is 3. The highest BCUT2D eigenvalue weighted by Gasteiger charge is 2.26. The first kappa shape index (κ1) is 14.8. The highest BCUT2D eigenvalue weighted by atomic mass is 32.2. The average molecular weight is 297 g/mol. The molecular formula is C13H19N3O3S. The summed E-state index contributed by atoms with van der Waals surface area (Å²) in [6, 6.07) is 3.11. The maximum absolute atomic E-state index is 12.5. The van der Waals surface area contributed by atoms with Crippen LogP contribution < -0.4 is 15.8 Å². The lowest BCUT2D eigenvalue weighted by Crippen LogP contribution is -2.47. The molecule has 0 spiro atoms. The van der Waals surface area contributed by atoms with Gasteiger partial charge >= 0.3 is 0 Å². The molecule has 0 bridgehead atoms. The lowest BCUT2D eigenvalue weighted by atomic mass is 10.1. The summed E-state index contributed by atoms with van der Waals surface area (Å²) in [7, 11) is -3.64. The van der Waals surface area contributed by atoms with Gasteiger partial charge in [-0.1, -0.05) is 6.07 Å². The second-order valence-corrected chi connectivity index (χ2v) is 6.74. The van der Waals surface area contributed by atoms with Crippen LogP contribution in [0.2, 0.25) is 0 Å². The first-order chi connectivity index (χ1) is 9.31. The molecule has 0 aromatic heterocycles. The molecule has 1 aliphatic rings. The third kappa shape index (κ3) is 2.94. The van der Waals surface area contributed by atoms with Gasteiger partial charge in [0.05, 0.1) is 4.90 Å². The Morgan fingerprint density at radius 1 is 1.35 bits per heavy atom. The fourth-order valence-electron chi connectivity index (χ4n) is 2.37. The predicted molar refractivity (Wildman–Crippen MR) is 76.7 cm³/mol. The van der Waals surface area contributed by atoms with Crippen LogP contribution in [0.4, 0.5) is 5.69 Å². The molecule has 2 rings (SSSR count). The second-order valence-electron chi connectivity index (χ2n) is 5.09. The summed E-state index contributed by atoms with van der Waals surface area (Å²) in [6.45, 7) is 3.75. The van der Waals surface area contributed by atoms with Crippen LogP contribution in [0, 0.1) is 13.8 Å². The number of aryl methyl sites for hydroxylation is 1. The lowest BCUT2D eigenvalue weighted by molar-refractivity contribution is -0.122. The number of hydrogen-bond acceptors (Lipinski definition) is 4. The van der Waals surface area contributed by atoms with Crippen molar-refractivity contribution >= 4 is 21.6 Å². The van der Waals surface area contributed by atoms with Crippen molar-refractivity contribution < 1.29 is 13.2 Å². The number of amides is 1. The van der Waals surface area contributed by atoms with E-state index in [0.717, 1.165) is 0 Å². The van der Waals surface area contributed by atoms with E-state index in [1.165, 1.54) is 0 Å². The highest BCUT2D eigenvalue weighted by molar-refractivity contribution is 7.89. The van der Waals surface area contributed by atoms with E-state index in [9.17, 15) is 13.2 Å². The molecule has 7 heteroatoms. The Hall–Kier alpha value is -1.60. The third-order valence-electron chi connectivity index (χ3n) is 3.50. The van der Waals surface area contributed by atoms with Crippen LogP contribution in [0.25, 0.3) is 0 Å². The van der Waals surface area contributed by atoms with Gasteiger partial charge in [0.15, 0.2) is 0 Å². The summed E-state index contributed by atoms with van der Waals surface area (Å²) >= 11 is 0. The number of anilines is 1. The number of benzene rings is 1. The zero-order valence-electron chi connectivity index (χ0n) is 11.6. The number of carbonyl (C=O) groups excluding carboxylic acids is 1. The van der Waals surface area contributed by atoms with Crippen molar-refractivity contribution in [3.05, 3.63) is 23.3 Å². The van der Waals surface area contributed by atoms with E-state index in [0.29, 0.717) is 36.2 Å². The summed E-state index contributed by atoms with van der Waals surface area (Å²) in [5, 5.41) is 2.66. The molecule has 1 aromatic carbocycles. The number of nitrogens with two attached hydrogens (primary N) is 1. The van der Waals surface area contributed by atoms with Gasteiger partial charge in [-0.25, -0.2) is 13.1 Å². The van der Waals surface area contributed by atoms with Gasteiger partial charge in [-0.15, -0.1) is 0 Å². The molecule has 4 N–H and O–H groups in total. The number of piperidine rings is 1. The van der Waals surface area contributed by atoms with Crippen molar-refractivity contribution in [2.75, 3.05) is 12.3 Å². The Bertz CT molecular complexity index is 631. The minimum Gasteiger partial charge on any atom is -0.398 e. The van der Waals surface area contributed by atoms with E-state index in [1.807, 2.05) is 0 Å². The topological polar surface area (TPSA) is 101 Å². The summed E-state index contributed by atoms with van der Waals surface area (Å²) in [5.41, 5.74) is 7.45. The molecule has 1 aliphatic heterocycles. The van der Waals surface area contributed by atoms with Crippen molar-refractivity contribution in [1.82, 2.24) is 10.0 Å². The van der Waals surface area contributed by atoms with E-state index in [1.54, 1.807) is 26.0 Å². The maximum Gasteiger partial charge on any atom is 0.241 e. The second kappa shape index (κ2) is 5.41. The van der Waals surface area contributed by atoms with Crippen LogP contribution in [-0.4, -0.2) is 26.9 Å². The van der Waals surface area contributed by atoms with Crippen LogP contribution in [0.3, 0.4) is 0 Å². The van der Waals surface area contributed by atoms with E-state index >= 15 is 0 Å². The molecule has 1 unspecified atom stereocenters.